The number of pyridine rings is 1. The lowest BCUT2D eigenvalue weighted by molar-refractivity contribution is -0.114. The van der Waals surface area contributed by atoms with Crippen molar-refractivity contribution in [3.63, 3.8) is 0 Å². The number of hydrogen-bond acceptors (Lipinski definition) is 7. The van der Waals surface area contributed by atoms with Crippen molar-refractivity contribution in [2.24, 2.45) is 5.41 Å². The van der Waals surface area contributed by atoms with Crippen LogP contribution in [-0.4, -0.2) is 43.7 Å². The predicted molar refractivity (Wildman–Crippen MR) is 109 cm³/mol. The summed E-state index contributed by atoms with van der Waals surface area (Å²) in [6.07, 6.45) is 3.49. The highest BCUT2D eigenvalue weighted by Crippen LogP contribution is 2.36. The van der Waals surface area contributed by atoms with Gasteiger partial charge in [-0.2, -0.15) is 14.0 Å². The standard InChI is InChI=1S/C20H20F2N8O/c1-12(31)26-15-8-14-13(9-25-15)17(29-7-5-19(2,10-23)11-29)28-30(14)16-4-6-24-18(27-16)20(3,21)22/h4,6,8-9H,5,7,11H2,1-3H3,(H,25,26,31). The van der Waals surface area contributed by atoms with E-state index < -0.39 is 17.2 Å². The van der Waals surface area contributed by atoms with E-state index in [4.69, 9.17) is 0 Å². The molecule has 1 unspecified atom stereocenters. The fraction of sp³-hybridized carbons (Fsp3) is 0.400. The lowest BCUT2D eigenvalue weighted by atomic mass is 9.92. The second-order valence-corrected chi connectivity index (χ2v) is 7.97. The largest absolute Gasteiger partial charge is 0.353 e. The van der Waals surface area contributed by atoms with Gasteiger partial charge in [-0.25, -0.2) is 19.6 Å². The van der Waals surface area contributed by atoms with Crippen LogP contribution in [0.15, 0.2) is 24.5 Å². The summed E-state index contributed by atoms with van der Waals surface area (Å²) < 4.78 is 29.0. The molecule has 1 N–H and O–H groups in total. The van der Waals surface area contributed by atoms with Crippen molar-refractivity contribution in [2.45, 2.75) is 33.1 Å². The highest BCUT2D eigenvalue weighted by molar-refractivity contribution is 5.95. The second kappa shape index (κ2) is 7.23. The molecule has 160 valence electrons. The number of aromatic nitrogens is 5. The van der Waals surface area contributed by atoms with Gasteiger partial charge in [-0.15, -0.1) is 5.10 Å². The molecule has 0 radical (unpaired) electrons. The minimum absolute atomic E-state index is 0.157. The van der Waals surface area contributed by atoms with E-state index >= 15 is 0 Å². The van der Waals surface area contributed by atoms with E-state index in [0.29, 0.717) is 42.0 Å². The number of nitrogens with one attached hydrogen (secondary N) is 1. The van der Waals surface area contributed by atoms with Gasteiger partial charge in [0.15, 0.2) is 11.6 Å². The second-order valence-electron chi connectivity index (χ2n) is 7.97. The first-order valence-corrected chi connectivity index (χ1v) is 9.64. The monoisotopic (exact) mass is 426 g/mol. The van der Waals surface area contributed by atoms with Crippen LogP contribution in [0.3, 0.4) is 0 Å². The molecule has 1 atom stereocenters. The quantitative estimate of drug-likeness (QED) is 0.682. The molecule has 1 fully saturated rings. The van der Waals surface area contributed by atoms with Crippen LogP contribution < -0.4 is 10.2 Å². The van der Waals surface area contributed by atoms with E-state index in [0.717, 1.165) is 6.92 Å². The number of nitriles is 1. The Bertz CT molecular complexity index is 1210. The third kappa shape index (κ3) is 3.88. The summed E-state index contributed by atoms with van der Waals surface area (Å²) in [6, 6.07) is 5.43. The highest BCUT2D eigenvalue weighted by Gasteiger charge is 2.36. The van der Waals surface area contributed by atoms with Crippen molar-refractivity contribution in [1.29, 1.82) is 5.26 Å². The number of alkyl halides is 2. The molecular weight excluding hydrogens is 406 g/mol. The Morgan fingerprint density at radius 2 is 2.16 bits per heavy atom. The molecule has 1 amide bonds. The third-order valence-electron chi connectivity index (χ3n) is 5.14. The first-order valence-electron chi connectivity index (χ1n) is 9.64. The van der Waals surface area contributed by atoms with Crippen LogP contribution in [0.2, 0.25) is 0 Å². The molecule has 11 heteroatoms. The minimum atomic E-state index is -3.21. The van der Waals surface area contributed by atoms with E-state index in [1.54, 1.807) is 12.3 Å². The summed E-state index contributed by atoms with van der Waals surface area (Å²) in [6.45, 7) is 5.07. The average Bonchev–Trinajstić information content (AvgIpc) is 3.28. The summed E-state index contributed by atoms with van der Waals surface area (Å²) in [5.74, 6) is -3.11. The van der Waals surface area contributed by atoms with Gasteiger partial charge in [0.25, 0.3) is 0 Å². The Balaban J connectivity index is 1.88. The molecule has 0 spiro atoms. The van der Waals surface area contributed by atoms with Crippen LogP contribution in [0.5, 0.6) is 0 Å². The van der Waals surface area contributed by atoms with Crippen LogP contribution in [0.25, 0.3) is 16.7 Å². The Morgan fingerprint density at radius 3 is 2.81 bits per heavy atom. The number of fused-ring (bicyclic) bond motifs is 1. The number of carbonyl (C=O) groups is 1. The number of amides is 1. The van der Waals surface area contributed by atoms with E-state index in [1.807, 2.05) is 11.8 Å². The van der Waals surface area contributed by atoms with Gasteiger partial charge in [0.2, 0.25) is 11.7 Å². The molecule has 1 aliphatic rings. The summed E-state index contributed by atoms with van der Waals surface area (Å²) in [7, 11) is 0. The van der Waals surface area contributed by atoms with Crippen molar-refractivity contribution in [3.05, 3.63) is 30.4 Å². The van der Waals surface area contributed by atoms with Crippen molar-refractivity contribution in [2.75, 3.05) is 23.3 Å². The molecule has 1 aliphatic heterocycles. The Hall–Kier alpha value is -3.68. The molecule has 3 aromatic heterocycles. The summed E-state index contributed by atoms with van der Waals surface area (Å²) >= 11 is 0. The molecule has 0 saturated carbocycles. The zero-order valence-corrected chi connectivity index (χ0v) is 17.2. The smallest absolute Gasteiger partial charge is 0.303 e. The first-order chi connectivity index (χ1) is 14.6. The zero-order chi connectivity index (χ0) is 22.4. The number of carbonyl (C=O) groups excluding carboxylic acids is 1. The topological polar surface area (TPSA) is 113 Å². The lowest BCUT2D eigenvalue weighted by Gasteiger charge is -2.17. The van der Waals surface area contributed by atoms with Crippen LogP contribution in [0, 0.1) is 16.7 Å². The molecule has 9 nitrogen and oxygen atoms in total. The van der Waals surface area contributed by atoms with E-state index in [1.165, 1.54) is 23.9 Å². The van der Waals surface area contributed by atoms with Gasteiger partial charge in [0.1, 0.15) is 5.82 Å². The van der Waals surface area contributed by atoms with Crippen molar-refractivity contribution < 1.29 is 13.6 Å². The number of hydrogen-bond donors (Lipinski definition) is 1. The minimum Gasteiger partial charge on any atom is -0.353 e. The SMILES string of the molecule is CC(=O)Nc1cc2c(cn1)c(N1CCC(C)(C#N)C1)nn2-c1ccnc(C(C)(F)F)n1. The maximum atomic E-state index is 13.8. The van der Waals surface area contributed by atoms with Crippen molar-refractivity contribution in [3.8, 4) is 11.9 Å². The fourth-order valence-corrected chi connectivity index (χ4v) is 3.56. The van der Waals surface area contributed by atoms with E-state index in [-0.39, 0.29) is 11.7 Å². The lowest BCUT2D eigenvalue weighted by Crippen LogP contribution is -2.24. The number of anilines is 2. The summed E-state index contributed by atoms with van der Waals surface area (Å²) in [5, 5.41) is 17.4. The molecular formula is C20H20F2N8O. The summed E-state index contributed by atoms with van der Waals surface area (Å²) in [4.78, 5) is 25.4. The zero-order valence-electron chi connectivity index (χ0n) is 17.2. The molecule has 0 aromatic carbocycles. The van der Waals surface area contributed by atoms with Crippen LogP contribution >= 0.6 is 0 Å². The molecule has 1 saturated heterocycles. The molecule has 31 heavy (non-hydrogen) atoms. The molecule has 0 bridgehead atoms. The highest BCUT2D eigenvalue weighted by atomic mass is 19.3. The van der Waals surface area contributed by atoms with Crippen LogP contribution in [0.1, 0.15) is 33.0 Å². The number of halogens is 2. The summed E-state index contributed by atoms with van der Waals surface area (Å²) in [5.41, 5.74) is 0.0230. The first kappa shape index (κ1) is 20.6. The normalized spacial score (nSPS) is 18.9. The van der Waals surface area contributed by atoms with Crippen LogP contribution in [-0.2, 0) is 10.7 Å². The maximum absolute atomic E-state index is 13.8. The van der Waals surface area contributed by atoms with Crippen LogP contribution in [0.4, 0.5) is 20.4 Å². The van der Waals surface area contributed by atoms with Gasteiger partial charge in [-0.3, -0.25) is 4.79 Å². The van der Waals surface area contributed by atoms with Gasteiger partial charge >= 0.3 is 5.92 Å². The van der Waals surface area contributed by atoms with Gasteiger partial charge in [-0.1, -0.05) is 0 Å². The molecule has 4 rings (SSSR count). The van der Waals surface area contributed by atoms with Crippen molar-refractivity contribution >= 4 is 28.4 Å². The predicted octanol–water partition coefficient (Wildman–Crippen LogP) is 3.02. The van der Waals surface area contributed by atoms with Crippen molar-refractivity contribution in [1.82, 2.24) is 24.7 Å². The molecule has 0 aliphatic carbocycles. The van der Waals surface area contributed by atoms with Gasteiger partial charge < -0.3 is 10.2 Å². The van der Waals surface area contributed by atoms with Gasteiger partial charge in [0, 0.05) is 51.5 Å². The Kier molecular flexibility index (Phi) is 4.80. The van der Waals surface area contributed by atoms with E-state index in [9.17, 15) is 18.8 Å². The van der Waals surface area contributed by atoms with Gasteiger partial charge in [0.05, 0.1) is 22.4 Å². The van der Waals surface area contributed by atoms with Gasteiger partial charge in [-0.05, 0) is 13.3 Å². The molecule has 4 heterocycles. The average molecular weight is 426 g/mol. The fourth-order valence-electron chi connectivity index (χ4n) is 3.56. The number of rotatable bonds is 4. The van der Waals surface area contributed by atoms with E-state index in [2.05, 4.69) is 31.4 Å². The third-order valence-corrected chi connectivity index (χ3v) is 5.14. The Morgan fingerprint density at radius 1 is 1.39 bits per heavy atom. The molecule has 3 aromatic rings. The Labute approximate surface area is 176 Å². The maximum Gasteiger partial charge on any atom is 0.303 e. The number of nitrogens with zero attached hydrogens (tertiary/aromatic N) is 7.